The molecular weight excluding hydrogens is 1470 g/mol. The van der Waals surface area contributed by atoms with Gasteiger partial charge in [0.05, 0.1) is 26.1 Å². The number of nitrogens with one attached hydrogen (secondary N) is 9. The predicted molar refractivity (Wildman–Crippen MR) is 428 cm³/mol. The van der Waals surface area contributed by atoms with Crippen LogP contribution in [0.2, 0.25) is 5.02 Å². The number of unbranched alkanes of at least 4 members (excludes halogenated alkanes) is 1. The van der Waals surface area contributed by atoms with Crippen molar-refractivity contribution in [2.45, 2.75) is 157 Å². The zero-order chi connectivity index (χ0) is 81.0. The zero-order valence-electron chi connectivity index (χ0n) is 64.9. The Morgan fingerprint density at radius 1 is 0.570 bits per heavy atom. The first kappa shape index (κ1) is 81.8. The molecule has 6 heterocycles. The van der Waals surface area contributed by atoms with Gasteiger partial charge >= 0.3 is 0 Å². The maximum atomic E-state index is 16.6. The van der Waals surface area contributed by atoms with Gasteiger partial charge in [0.2, 0.25) is 65.0 Å². The van der Waals surface area contributed by atoms with Gasteiger partial charge in [-0.15, -0.1) is 0 Å². The van der Waals surface area contributed by atoms with Crippen LogP contribution in [0.25, 0.3) is 21.8 Å². The number of aromatic nitrogens is 2. The number of benzene rings is 6. The second-order valence-electron chi connectivity index (χ2n) is 30.2. The summed E-state index contributed by atoms with van der Waals surface area (Å²) in [5, 5.41) is 22.0. The average molecular weight is 1570 g/mol. The Labute approximate surface area is 666 Å². The molecule has 8 aromatic rings. The minimum atomic E-state index is -2.21. The molecule has 0 spiro atoms. The summed E-state index contributed by atoms with van der Waals surface area (Å²) >= 11 is 6.48. The molecule has 0 aliphatic carbocycles. The second-order valence-corrected chi connectivity index (χ2v) is 30.6. The number of carbonyl (C=O) groups is 12. The molecule has 114 heavy (non-hydrogen) atoms. The number of fused-ring (bicyclic) bond motifs is 9. The quantitative estimate of drug-likeness (QED) is 0.0683. The Kier molecular flexibility index (Phi) is 26.1. The van der Waals surface area contributed by atoms with Crippen LogP contribution in [0, 0.1) is 0 Å². The van der Waals surface area contributed by atoms with Gasteiger partial charge in [0.1, 0.15) is 59.5 Å². The molecule has 12 rings (SSSR count). The van der Waals surface area contributed by atoms with E-state index in [9.17, 15) is 33.6 Å². The summed E-state index contributed by atoms with van der Waals surface area (Å²) in [7, 11) is 4.13. The second kappa shape index (κ2) is 36.4. The molecule has 598 valence electrons. The Hall–Kier alpha value is -11.7. The van der Waals surface area contributed by atoms with Crippen LogP contribution in [0.15, 0.2) is 170 Å². The number of carbonyl (C=O) groups excluding carboxylic acids is 12. The average Bonchev–Trinajstić information content (AvgIpc) is 0.891. The van der Waals surface area contributed by atoms with Crippen molar-refractivity contribution in [1.82, 2.24) is 71.7 Å². The lowest BCUT2D eigenvalue weighted by atomic mass is 9.76. The predicted octanol–water partition coefficient (Wildman–Crippen LogP) is 5.95. The highest BCUT2D eigenvalue weighted by Crippen LogP contribution is 2.43. The Balaban J connectivity index is 0.961. The Morgan fingerprint density at radius 3 is 1.87 bits per heavy atom. The van der Waals surface area contributed by atoms with Gasteiger partial charge in [0.25, 0.3) is 5.91 Å². The van der Waals surface area contributed by atoms with Gasteiger partial charge in [-0.1, -0.05) is 159 Å². The number of halogens is 1. The molecule has 6 aromatic carbocycles. The molecule has 4 aliphatic rings. The largest absolute Gasteiger partial charge is 0.361 e. The highest BCUT2D eigenvalue weighted by molar-refractivity contribution is 6.30. The van der Waals surface area contributed by atoms with E-state index in [0.717, 1.165) is 27.1 Å². The minimum absolute atomic E-state index is 0.00802. The van der Waals surface area contributed by atoms with Crippen molar-refractivity contribution in [3.63, 3.8) is 0 Å². The zero-order valence-corrected chi connectivity index (χ0v) is 65.7. The van der Waals surface area contributed by atoms with Crippen molar-refractivity contribution < 1.29 is 62.3 Å². The lowest BCUT2D eigenvalue weighted by Gasteiger charge is -2.41. The summed E-state index contributed by atoms with van der Waals surface area (Å²) in [4.78, 5) is 195. The number of nitrogens with zero attached hydrogens (tertiary/aromatic N) is 5. The first-order valence-electron chi connectivity index (χ1n) is 39.0. The van der Waals surface area contributed by atoms with E-state index in [0.29, 0.717) is 94.5 Å². The molecule has 9 N–H and O–H groups in total. The van der Waals surface area contributed by atoms with Crippen molar-refractivity contribution in [3.8, 4) is 0 Å². The summed E-state index contributed by atoms with van der Waals surface area (Å²) in [5.41, 5.74) is 1.28. The van der Waals surface area contributed by atoms with E-state index >= 15 is 24.0 Å². The van der Waals surface area contributed by atoms with E-state index in [2.05, 4.69) is 47.2 Å². The number of para-hydroxylation sites is 2. The highest BCUT2D eigenvalue weighted by Gasteiger charge is 2.50. The summed E-state index contributed by atoms with van der Waals surface area (Å²) in [6.07, 6.45) is 5.91. The number of amides is 12. The van der Waals surface area contributed by atoms with Gasteiger partial charge < -0.3 is 76.4 Å². The van der Waals surface area contributed by atoms with Gasteiger partial charge in [-0.2, -0.15) is 0 Å². The van der Waals surface area contributed by atoms with Crippen molar-refractivity contribution in [2.75, 3.05) is 60.5 Å². The monoisotopic (exact) mass is 1570 g/mol. The van der Waals surface area contributed by atoms with E-state index < -0.39 is 156 Å². The molecule has 0 unspecified atom stereocenters. The first-order chi connectivity index (χ1) is 54.9. The number of likely N-dealkylation sites (N-methyl/N-ethyl adjacent to an activating group) is 3. The van der Waals surface area contributed by atoms with Gasteiger partial charge in [0.15, 0.2) is 0 Å². The molecule has 4 aliphatic heterocycles. The third kappa shape index (κ3) is 18.2. The lowest BCUT2D eigenvalue weighted by molar-refractivity contribution is -0.150. The number of aromatic amines is 2. The van der Waals surface area contributed by atoms with Crippen molar-refractivity contribution in [1.29, 1.82) is 0 Å². The van der Waals surface area contributed by atoms with Crippen molar-refractivity contribution >= 4 is 104 Å². The Bertz CT molecular complexity index is 4850. The molecule has 3 fully saturated rings. The number of H-pyrrole nitrogens is 2. The van der Waals surface area contributed by atoms with Crippen LogP contribution in [0.4, 0.5) is 0 Å². The van der Waals surface area contributed by atoms with Crippen LogP contribution >= 0.6 is 11.6 Å². The molecule has 2 aromatic heterocycles. The molecule has 4 bridgehead atoms. The van der Waals surface area contributed by atoms with Gasteiger partial charge in [-0.05, 0) is 122 Å². The summed E-state index contributed by atoms with van der Waals surface area (Å²) in [5.74, 6) is -9.19. The molecular formula is C86H99ClN14O13. The number of ether oxygens (including phenoxy) is 1. The number of rotatable bonds is 12. The van der Waals surface area contributed by atoms with E-state index in [1.54, 1.807) is 59.8 Å². The molecule has 0 saturated carbocycles. The molecule has 28 heteroatoms. The van der Waals surface area contributed by atoms with Gasteiger partial charge in [0, 0.05) is 99.3 Å². The van der Waals surface area contributed by atoms with Crippen LogP contribution in [0.5, 0.6) is 0 Å². The van der Waals surface area contributed by atoms with Crippen LogP contribution in [-0.4, -0.2) is 214 Å². The number of hydrogen-bond acceptors (Lipinski definition) is 13. The van der Waals surface area contributed by atoms with Crippen LogP contribution in [-0.2, 0) is 92.7 Å². The number of piperidine rings is 1. The number of hydrogen-bond donors (Lipinski definition) is 9. The molecule has 3 saturated heterocycles. The molecule has 0 radical (unpaired) electrons. The summed E-state index contributed by atoms with van der Waals surface area (Å²) in [6.45, 7) is 3.69. The maximum Gasteiger partial charge on any atom is 0.251 e. The van der Waals surface area contributed by atoms with Gasteiger partial charge in [-0.3, -0.25) is 57.5 Å². The van der Waals surface area contributed by atoms with Crippen LogP contribution < -0.4 is 37.2 Å². The SMILES string of the molecule is CCCC[C@@H]1NC(=O)[C@H](Cc2c[nH]c3ccccc23)NC(=O)[C@H](C)NC(=O)C[C@@H](C(=O)N2CCCCC2)NC(=O)[C@@H]2CCCN2C(=O)CN(C)C(=O)[C@H](Cc2cccc(Cl)c2)N(C)C(=O)[C@H](C)N(C)C(=O)CNC(=O)[C@@H]2COC(c3ccccc3)(c3ccccc3)c3cccc(c3)[C@@](Cc3c[nH]c4ccccc34)(NC1=O)C(=O)N2. The fourth-order valence-corrected chi connectivity index (χ4v) is 16.1. The topological polar surface area (TPSA) is 346 Å². The number of likely N-dealkylation sites (tertiary alicyclic amines) is 1. The summed E-state index contributed by atoms with van der Waals surface area (Å²) in [6, 6.07) is 35.8. The fourth-order valence-electron chi connectivity index (χ4n) is 15.9. The highest BCUT2D eigenvalue weighted by atomic mass is 35.5. The minimum Gasteiger partial charge on any atom is -0.361 e. The first-order valence-corrected chi connectivity index (χ1v) is 39.4. The lowest BCUT2D eigenvalue weighted by Crippen LogP contribution is -2.65. The molecule has 12 amide bonds. The normalized spacial score (nSPS) is 24.1. The third-order valence-electron chi connectivity index (χ3n) is 22.5. The maximum absolute atomic E-state index is 16.6. The smallest absolute Gasteiger partial charge is 0.251 e. The third-order valence-corrected chi connectivity index (χ3v) is 22.7. The van der Waals surface area contributed by atoms with Crippen molar-refractivity contribution in [3.05, 3.63) is 214 Å². The van der Waals surface area contributed by atoms with Crippen LogP contribution in [0.1, 0.15) is 118 Å². The molecule has 9 atom stereocenters. The Morgan fingerprint density at radius 2 is 1.19 bits per heavy atom. The fraction of sp³-hybridized carbons (Fsp3) is 0.395. The van der Waals surface area contributed by atoms with E-state index in [-0.39, 0.29) is 44.2 Å². The van der Waals surface area contributed by atoms with E-state index in [1.165, 1.54) is 44.8 Å². The van der Waals surface area contributed by atoms with Gasteiger partial charge in [-0.25, -0.2) is 0 Å². The summed E-state index contributed by atoms with van der Waals surface area (Å²) < 4.78 is 7.24. The molecule has 27 nitrogen and oxygen atoms in total. The van der Waals surface area contributed by atoms with Crippen molar-refractivity contribution in [2.24, 2.45) is 0 Å². The van der Waals surface area contributed by atoms with E-state index in [4.69, 9.17) is 16.3 Å². The standard InChI is InChI=1S/C86H99ClN14O13/c1-7-8-35-67-79(108)96-85(47-57-49-89-66-37-19-17-34-64(57)66)60-30-23-31-61(45-60)86(58-26-12-9-13-27-58,59-28-14-10-15-29-59)114-52-70(95-84(85)113)77(106)90-50-74(103)98(5)54(3)81(110)99(6)72(43-55-25-22-32-62(87)42-55)83(112)97(4)51-75(104)101-41-24-38-71(101)80(109)94-69(82(111)100-39-20-11-21-40-100)46-73(102)91-53(2)76(105)93-68(78(107)92-67)44-56-48-88-65-36-18-16-33-63(56)65/h9-10,12-19,22-23,25-34,36-37,42,45,48-49,53-54,67-72,88-89H,7-8,11,20-21,24,35,38-41,43-44,46-47,50-52H2,1-6H3,(H,90,106)(H,91,102)(H,92,107)(H,93,105)(H,94,109)(H,95,113)(H,96,108)/t53-,54-,67-,68-,69-,70-,71-,72-,85+/m0/s1. The van der Waals surface area contributed by atoms with E-state index in [1.807, 2.05) is 122 Å². The van der Waals surface area contributed by atoms with Crippen LogP contribution in [0.3, 0.4) is 0 Å².